The van der Waals surface area contributed by atoms with Crippen LogP contribution in [0.1, 0.15) is 17.0 Å². The van der Waals surface area contributed by atoms with Crippen molar-refractivity contribution in [2.75, 3.05) is 4.90 Å². The first-order valence-electron chi connectivity index (χ1n) is 8.59. The van der Waals surface area contributed by atoms with Crippen molar-refractivity contribution < 1.29 is 9.59 Å². The van der Waals surface area contributed by atoms with Crippen LogP contribution < -0.4 is 10.2 Å². The average Bonchev–Trinajstić information content (AvgIpc) is 3.11. The highest BCUT2D eigenvalue weighted by Gasteiger charge is 2.34. The van der Waals surface area contributed by atoms with Crippen molar-refractivity contribution in [2.24, 2.45) is 0 Å². The van der Waals surface area contributed by atoms with E-state index in [9.17, 15) is 9.59 Å². The number of hydrogen-bond acceptors (Lipinski definition) is 3. The molecule has 1 aliphatic heterocycles. The van der Waals surface area contributed by atoms with Crippen LogP contribution >= 0.6 is 0 Å². The zero-order chi connectivity index (χ0) is 19.0. The zero-order valence-corrected chi connectivity index (χ0v) is 15.0. The van der Waals surface area contributed by atoms with E-state index in [0.29, 0.717) is 5.69 Å². The second-order valence-corrected chi connectivity index (χ2v) is 6.31. The number of anilines is 1. The molecule has 2 aromatic heterocycles. The third-order valence-electron chi connectivity index (χ3n) is 4.54. The monoisotopic (exact) mass is 358 g/mol. The molecule has 27 heavy (non-hydrogen) atoms. The number of aryl methyl sites for hydroxylation is 1. The Balaban J connectivity index is 1.71. The molecule has 1 aliphatic rings. The van der Waals surface area contributed by atoms with Gasteiger partial charge in [0.25, 0.3) is 5.91 Å². The standard InChI is InChI=1S/C21H18N4O2/c1-14-12-16(15(2)24(14)19-10-6-7-11-22-19)13-18-20(26)25(21(27)23-18)17-8-4-3-5-9-17/h3-13H,1-2H3,(H,23,27)/b18-13+. The molecular formula is C21H18N4O2. The Hall–Kier alpha value is -3.67. The second kappa shape index (κ2) is 6.57. The third kappa shape index (κ3) is 2.91. The fraction of sp³-hybridized carbons (Fsp3) is 0.0952. The van der Waals surface area contributed by atoms with Crippen molar-refractivity contribution in [1.82, 2.24) is 14.9 Å². The molecule has 0 bridgehead atoms. The second-order valence-electron chi connectivity index (χ2n) is 6.31. The van der Waals surface area contributed by atoms with E-state index in [1.165, 1.54) is 0 Å². The third-order valence-corrected chi connectivity index (χ3v) is 4.54. The number of pyridine rings is 1. The van der Waals surface area contributed by atoms with Gasteiger partial charge in [0.05, 0.1) is 5.69 Å². The maximum Gasteiger partial charge on any atom is 0.333 e. The minimum atomic E-state index is -0.448. The van der Waals surface area contributed by atoms with Crippen molar-refractivity contribution in [3.05, 3.63) is 83.4 Å². The van der Waals surface area contributed by atoms with Crippen LogP contribution in [0.2, 0.25) is 0 Å². The minimum Gasteiger partial charge on any atom is -0.303 e. The van der Waals surface area contributed by atoms with Gasteiger partial charge in [-0.05, 0) is 55.8 Å². The zero-order valence-electron chi connectivity index (χ0n) is 15.0. The highest BCUT2D eigenvalue weighted by molar-refractivity contribution is 6.28. The van der Waals surface area contributed by atoms with Crippen LogP contribution in [0.4, 0.5) is 10.5 Å². The van der Waals surface area contributed by atoms with Gasteiger partial charge in [-0.3, -0.25) is 4.79 Å². The summed E-state index contributed by atoms with van der Waals surface area (Å²) in [5.74, 6) is 0.443. The lowest BCUT2D eigenvalue weighted by molar-refractivity contribution is -0.113. The van der Waals surface area contributed by atoms with Crippen molar-refractivity contribution in [2.45, 2.75) is 13.8 Å². The molecule has 3 aromatic rings. The Kier molecular flexibility index (Phi) is 4.08. The van der Waals surface area contributed by atoms with E-state index in [1.807, 2.05) is 48.7 Å². The van der Waals surface area contributed by atoms with Crippen LogP contribution in [-0.4, -0.2) is 21.5 Å². The van der Waals surface area contributed by atoms with E-state index in [-0.39, 0.29) is 11.6 Å². The fourth-order valence-corrected chi connectivity index (χ4v) is 3.27. The summed E-state index contributed by atoms with van der Waals surface area (Å²) in [6, 6.07) is 16.1. The highest BCUT2D eigenvalue weighted by Crippen LogP contribution is 2.25. The van der Waals surface area contributed by atoms with E-state index >= 15 is 0 Å². The molecule has 0 radical (unpaired) electrons. The molecule has 1 saturated heterocycles. The average molecular weight is 358 g/mol. The van der Waals surface area contributed by atoms with Gasteiger partial charge in [-0.1, -0.05) is 24.3 Å². The molecule has 0 atom stereocenters. The maximum absolute atomic E-state index is 12.7. The van der Waals surface area contributed by atoms with Crippen LogP contribution in [-0.2, 0) is 4.79 Å². The van der Waals surface area contributed by atoms with E-state index in [2.05, 4.69) is 10.3 Å². The largest absolute Gasteiger partial charge is 0.333 e. The van der Waals surface area contributed by atoms with Crippen molar-refractivity contribution in [3.63, 3.8) is 0 Å². The summed E-state index contributed by atoms with van der Waals surface area (Å²) in [6.45, 7) is 3.94. The molecule has 3 heterocycles. The molecule has 0 saturated carbocycles. The highest BCUT2D eigenvalue weighted by atomic mass is 16.2. The molecule has 4 rings (SSSR count). The summed E-state index contributed by atoms with van der Waals surface area (Å²) in [6.07, 6.45) is 3.45. The molecule has 134 valence electrons. The summed E-state index contributed by atoms with van der Waals surface area (Å²) in [5.41, 5.74) is 3.60. The summed E-state index contributed by atoms with van der Waals surface area (Å²) < 4.78 is 2.02. The first-order valence-corrected chi connectivity index (χ1v) is 8.59. The molecule has 0 aliphatic carbocycles. The normalized spacial score (nSPS) is 15.5. The minimum absolute atomic E-state index is 0.255. The van der Waals surface area contributed by atoms with Crippen LogP contribution in [0.3, 0.4) is 0 Å². The molecular weight excluding hydrogens is 340 g/mol. The number of hydrogen-bond donors (Lipinski definition) is 1. The number of urea groups is 1. The number of nitrogens with zero attached hydrogens (tertiary/aromatic N) is 3. The molecule has 0 spiro atoms. The summed E-state index contributed by atoms with van der Waals surface area (Å²) in [7, 11) is 0. The topological polar surface area (TPSA) is 67.2 Å². The number of amides is 3. The molecule has 3 amide bonds. The Labute approximate surface area is 156 Å². The summed E-state index contributed by atoms with van der Waals surface area (Å²) >= 11 is 0. The van der Waals surface area contributed by atoms with Crippen LogP contribution in [0.5, 0.6) is 0 Å². The predicted molar refractivity (Wildman–Crippen MR) is 103 cm³/mol. The number of rotatable bonds is 3. The quantitative estimate of drug-likeness (QED) is 0.575. The lowest BCUT2D eigenvalue weighted by atomic mass is 10.2. The van der Waals surface area contributed by atoms with E-state index in [0.717, 1.165) is 27.7 Å². The number of benzene rings is 1. The SMILES string of the molecule is Cc1cc(/C=C2/NC(=O)N(c3ccccc3)C2=O)c(C)n1-c1ccccn1. The Morgan fingerprint density at radius 1 is 1.00 bits per heavy atom. The number of carbonyl (C=O) groups is 2. The number of carbonyl (C=O) groups excluding carboxylic acids is 2. The van der Waals surface area contributed by atoms with Gasteiger partial charge >= 0.3 is 6.03 Å². The maximum atomic E-state index is 12.7. The van der Waals surface area contributed by atoms with Gasteiger partial charge < -0.3 is 9.88 Å². The Morgan fingerprint density at radius 3 is 2.44 bits per heavy atom. The van der Waals surface area contributed by atoms with Gasteiger partial charge in [-0.15, -0.1) is 0 Å². The predicted octanol–water partition coefficient (Wildman–Crippen LogP) is 3.59. The molecule has 1 fully saturated rings. The fourth-order valence-electron chi connectivity index (χ4n) is 3.27. The summed E-state index contributed by atoms with van der Waals surface area (Å²) in [5, 5.41) is 2.67. The van der Waals surface area contributed by atoms with Gasteiger partial charge in [0.15, 0.2) is 0 Å². The van der Waals surface area contributed by atoms with Gasteiger partial charge in [0.1, 0.15) is 11.5 Å². The van der Waals surface area contributed by atoms with Crippen LogP contribution in [0.15, 0.2) is 66.5 Å². The lowest BCUT2D eigenvalue weighted by Gasteiger charge is -2.10. The molecule has 6 nitrogen and oxygen atoms in total. The number of imide groups is 1. The van der Waals surface area contributed by atoms with Crippen molar-refractivity contribution in [1.29, 1.82) is 0 Å². The molecule has 0 unspecified atom stereocenters. The van der Waals surface area contributed by atoms with E-state index in [1.54, 1.807) is 36.5 Å². The smallest absolute Gasteiger partial charge is 0.303 e. The lowest BCUT2D eigenvalue weighted by Crippen LogP contribution is -2.30. The van der Waals surface area contributed by atoms with Crippen LogP contribution in [0, 0.1) is 13.8 Å². The molecule has 1 N–H and O–H groups in total. The van der Waals surface area contributed by atoms with Gasteiger partial charge in [0.2, 0.25) is 0 Å². The van der Waals surface area contributed by atoms with Crippen molar-refractivity contribution in [3.8, 4) is 5.82 Å². The van der Waals surface area contributed by atoms with E-state index < -0.39 is 6.03 Å². The first-order chi connectivity index (χ1) is 13.1. The summed E-state index contributed by atoms with van der Waals surface area (Å²) in [4.78, 5) is 30.6. The number of para-hydroxylation sites is 1. The molecule has 1 aromatic carbocycles. The van der Waals surface area contributed by atoms with E-state index in [4.69, 9.17) is 0 Å². The van der Waals surface area contributed by atoms with Gasteiger partial charge in [0, 0.05) is 17.6 Å². The Bertz CT molecular complexity index is 1050. The Morgan fingerprint density at radius 2 is 1.74 bits per heavy atom. The van der Waals surface area contributed by atoms with Gasteiger partial charge in [-0.2, -0.15) is 0 Å². The molecule has 6 heteroatoms. The van der Waals surface area contributed by atoms with Crippen LogP contribution in [0.25, 0.3) is 11.9 Å². The number of aromatic nitrogens is 2. The van der Waals surface area contributed by atoms with Gasteiger partial charge in [-0.25, -0.2) is 14.7 Å². The number of nitrogens with one attached hydrogen (secondary N) is 1. The first kappa shape index (κ1) is 16.8. The van der Waals surface area contributed by atoms with Crippen molar-refractivity contribution >= 4 is 23.7 Å².